The van der Waals surface area contributed by atoms with Gasteiger partial charge in [-0.15, -0.1) is 0 Å². The average molecular weight is 431 g/mol. The maximum atomic E-state index is 5.59. The minimum atomic E-state index is 0.327. The topological polar surface area (TPSA) is 70.2 Å². The largest absolute Gasteiger partial charge is 0.380 e. The van der Waals surface area contributed by atoms with Gasteiger partial charge in [0.2, 0.25) is 0 Å². The van der Waals surface area contributed by atoms with Crippen molar-refractivity contribution in [2.45, 2.75) is 12.8 Å². The van der Waals surface area contributed by atoms with Crippen LogP contribution in [0.4, 0.5) is 5.69 Å². The van der Waals surface area contributed by atoms with Gasteiger partial charge in [-0.2, -0.15) is 5.10 Å². The Balaban J connectivity index is 1.47. The minimum Gasteiger partial charge on any atom is -0.380 e. The van der Waals surface area contributed by atoms with Gasteiger partial charge in [0.05, 0.1) is 43.7 Å². The molecule has 0 atom stereocenters. The van der Waals surface area contributed by atoms with Crippen LogP contribution in [0.2, 0.25) is 0 Å². The molecule has 8 heteroatoms. The summed E-state index contributed by atoms with van der Waals surface area (Å²) in [5.41, 5.74) is 6.15. The van der Waals surface area contributed by atoms with E-state index < -0.39 is 0 Å². The molecule has 164 valence electrons. The molecule has 0 spiro atoms. The third-order valence-electron chi connectivity index (χ3n) is 6.32. The van der Waals surface area contributed by atoms with E-state index in [0.717, 1.165) is 66.1 Å². The van der Waals surface area contributed by atoms with Crippen LogP contribution >= 0.6 is 0 Å². The first-order valence-electron chi connectivity index (χ1n) is 11.1. The van der Waals surface area contributed by atoms with Crippen molar-refractivity contribution in [1.82, 2.24) is 24.3 Å². The summed E-state index contributed by atoms with van der Waals surface area (Å²) in [6, 6.07) is 12.5. The summed E-state index contributed by atoms with van der Waals surface area (Å²) in [5, 5.41) is 4.85. The number of pyridine rings is 1. The van der Waals surface area contributed by atoms with Crippen LogP contribution in [0.1, 0.15) is 17.3 Å². The molecule has 3 aromatic heterocycles. The molecule has 2 fully saturated rings. The number of hydrogen-bond donors (Lipinski definition) is 0. The number of anilines is 1. The molecule has 8 nitrogen and oxygen atoms in total. The van der Waals surface area contributed by atoms with Crippen molar-refractivity contribution < 1.29 is 9.47 Å². The lowest BCUT2D eigenvalue weighted by Crippen LogP contribution is -2.36. The van der Waals surface area contributed by atoms with E-state index in [4.69, 9.17) is 24.5 Å². The van der Waals surface area contributed by atoms with Crippen molar-refractivity contribution in [3.63, 3.8) is 0 Å². The smallest absolute Gasteiger partial charge is 0.164 e. The Morgan fingerprint density at radius 2 is 1.84 bits per heavy atom. The second-order valence-corrected chi connectivity index (χ2v) is 8.55. The number of ether oxygens (including phenoxy) is 2. The standard InChI is InChI=1S/C24H26N6O2/c1-16-4-3-5-17(12-16)19-6-7-30(27-19)21-13-20(29-8-10-31-11-9-29)22-24(25-21)28(2)23(26-22)18-14-32-15-18/h3-7,12-13,18H,8-11,14-15H2,1-2H3. The van der Waals surface area contributed by atoms with Crippen LogP contribution in [0.3, 0.4) is 0 Å². The maximum Gasteiger partial charge on any atom is 0.164 e. The number of nitrogens with zero attached hydrogens (tertiary/aromatic N) is 6. The lowest BCUT2D eigenvalue weighted by molar-refractivity contribution is 0.00399. The third kappa shape index (κ3) is 3.27. The quantitative estimate of drug-likeness (QED) is 0.496. The second-order valence-electron chi connectivity index (χ2n) is 8.55. The SMILES string of the molecule is Cc1cccc(-c2ccn(-c3cc(N4CCOCC4)c4nc(C5COC5)n(C)c4n3)n2)c1. The highest BCUT2D eigenvalue weighted by Gasteiger charge is 2.28. The van der Waals surface area contributed by atoms with Gasteiger partial charge in [-0.3, -0.25) is 0 Å². The Morgan fingerprint density at radius 3 is 2.59 bits per heavy atom. The number of hydrogen-bond acceptors (Lipinski definition) is 6. The molecule has 2 saturated heterocycles. The Morgan fingerprint density at radius 1 is 1.00 bits per heavy atom. The lowest BCUT2D eigenvalue weighted by atomic mass is 10.1. The molecular formula is C24H26N6O2. The van der Waals surface area contributed by atoms with Gasteiger partial charge in [-0.1, -0.05) is 23.8 Å². The van der Waals surface area contributed by atoms with Gasteiger partial charge < -0.3 is 18.9 Å². The van der Waals surface area contributed by atoms with E-state index in [-0.39, 0.29) is 0 Å². The van der Waals surface area contributed by atoms with Gasteiger partial charge >= 0.3 is 0 Å². The number of aryl methyl sites for hydroxylation is 2. The lowest BCUT2D eigenvalue weighted by Gasteiger charge is -2.29. The molecule has 0 amide bonds. The molecule has 32 heavy (non-hydrogen) atoms. The summed E-state index contributed by atoms with van der Waals surface area (Å²) in [6.07, 6.45) is 1.98. The van der Waals surface area contributed by atoms with E-state index in [9.17, 15) is 0 Å². The van der Waals surface area contributed by atoms with Gasteiger partial charge in [0.1, 0.15) is 11.3 Å². The van der Waals surface area contributed by atoms with Crippen LogP contribution in [-0.2, 0) is 16.5 Å². The number of benzene rings is 1. The molecule has 6 rings (SSSR count). The van der Waals surface area contributed by atoms with Crippen molar-refractivity contribution >= 4 is 16.9 Å². The number of rotatable bonds is 4. The first-order chi connectivity index (χ1) is 15.7. The van der Waals surface area contributed by atoms with Crippen LogP contribution in [0.25, 0.3) is 28.2 Å². The first kappa shape index (κ1) is 19.5. The molecule has 0 aliphatic carbocycles. The highest BCUT2D eigenvalue weighted by atomic mass is 16.5. The molecule has 0 radical (unpaired) electrons. The zero-order valence-electron chi connectivity index (χ0n) is 18.4. The van der Waals surface area contributed by atoms with Crippen molar-refractivity contribution in [3.05, 3.63) is 54.0 Å². The molecule has 0 unspecified atom stereocenters. The molecule has 0 bridgehead atoms. The Labute approximate surface area is 186 Å². The van der Waals surface area contributed by atoms with Crippen LogP contribution < -0.4 is 4.90 Å². The highest BCUT2D eigenvalue weighted by molar-refractivity contribution is 5.88. The molecule has 2 aliphatic rings. The normalized spacial score (nSPS) is 17.1. The van der Waals surface area contributed by atoms with Crippen molar-refractivity contribution in [1.29, 1.82) is 0 Å². The fourth-order valence-corrected chi connectivity index (χ4v) is 4.46. The summed E-state index contributed by atoms with van der Waals surface area (Å²) >= 11 is 0. The molecule has 4 aromatic rings. The Kier molecular flexibility index (Phi) is 4.69. The monoisotopic (exact) mass is 430 g/mol. The zero-order chi connectivity index (χ0) is 21.7. The van der Waals surface area contributed by atoms with E-state index >= 15 is 0 Å². The van der Waals surface area contributed by atoms with Crippen molar-refractivity contribution in [2.24, 2.45) is 7.05 Å². The highest BCUT2D eigenvalue weighted by Crippen LogP contribution is 2.32. The molecule has 0 saturated carbocycles. The van der Waals surface area contributed by atoms with E-state index in [1.54, 1.807) is 0 Å². The van der Waals surface area contributed by atoms with E-state index in [0.29, 0.717) is 19.1 Å². The zero-order valence-corrected chi connectivity index (χ0v) is 18.4. The molecule has 0 N–H and O–H groups in total. The van der Waals surface area contributed by atoms with Gasteiger partial charge in [0, 0.05) is 38.0 Å². The van der Waals surface area contributed by atoms with Crippen LogP contribution in [0.15, 0.2) is 42.6 Å². The third-order valence-corrected chi connectivity index (χ3v) is 6.32. The number of aromatic nitrogens is 5. The predicted octanol–water partition coefficient (Wildman–Crippen LogP) is 3.08. The van der Waals surface area contributed by atoms with Crippen LogP contribution in [0.5, 0.6) is 0 Å². The van der Waals surface area contributed by atoms with Gasteiger partial charge in [-0.05, 0) is 19.1 Å². The van der Waals surface area contributed by atoms with Crippen LogP contribution in [-0.4, -0.2) is 63.8 Å². The summed E-state index contributed by atoms with van der Waals surface area (Å²) < 4.78 is 15.0. The van der Waals surface area contributed by atoms with Gasteiger partial charge in [0.25, 0.3) is 0 Å². The van der Waals surface area contributed by atoms with E-state index in [1.807, 2.05) is 24.0 Å². The van der Waals surface area contributed by atoms with E-state index in [2.05, 4.69) is 46.7 Å². The van der Waals surface area contributed by atoms with Crippen LogP contribution in [0, 0.1) is 6.92 Å². The van der Waals surface area contributed by atoms with Crippen molar-refractivity contribution in [3.8, 4) is 17.1 Å². The average Bonchev–Trinajstić information content (AvgIpc) is 3.39. The first-order valence-corrected chi connectivity index (χ1v) is 11.1. The van der Waals surface area contributed by atoms with Gasteiger partial charge in [0.15, 0.2) is 11.5 Å². The Bertz CT molecular complexity index is 1280. The fourth-order valence-electron chi connectivity index (χ4n) is 4.46. The summed E-state index contributed by atoms with van der Waals surface area (Å²) in [4.78, 5) is 12.3. The summed E-state index contributed by atoms with van der Waals surface area (Å²) in [5.74, 6) is 2.15. The molecular weight excluding hydrogens is 404 g/mol. The summed E-state index contributed by atoms with van der Waals surface area (Å²) in [6.45, 7) is 6.64. The van der Waals surface area contributed by atoms with E-state index in [1.165, 1.54) is 5.56 Å². The van der Waals surface area contributed by atoms with Crippen molar-refractivity contribution in [2.75, 3.05) is 44.4 Å². The maximum absolute atomic E-state index is 5.59. The number of fused-ring (bicyclic) bond motifs is 1. The number of imidazole rings is 1. The second kappa shape index (κ2) is 7.72. The molecule has 1 aromatic carbocycles. The van der Waals surface area contributed by atoms with Gasteiger partial charge in [-0.25, -0.2) is 14.6 Å². The minimum absolute atomic E-state index is 0.327. The fraction of sp³-hybridized carbons (Fsp3) is 0.375. The summed E-state index contributed by atoms with van der Waals surface area (Å²) in [7, 11) is 2.05. The predicted molar refractivity (Wildman–Crippen MR) is 122 cm³/mol. The number of morpholine rings is 1. The Hall–Kier alpha value is -3.23. The molecule has 2 aliphatic heterocycles. The molecule has 5 heterocycles.